The van der Waals surface area contributed by atoms with Crippen molar-refractivity contribution < 1.29 is 9.47 Å². The average Bonchev–Trinajstić information content (AvgIpc) is 2.64. The van der Waals surface area contributed by atoms with Crippen molar-refractivity contribution >= 4 is 37.5 Å². The molecule has 0 unspecified atom stereocenters. The molecule has 0 atom stereocenters. The SMILES string of the molecule is Brc1c(OCOc2cccc3ccccc23)ccc2ccccc12. The maximum Gasteiger partial charge on any atom is 0.230 e. The van der Waals surface area contributed by atoms with Gasteiger partial charge in [-0.3, -0.25) is 0 Å². The summed E-state index contributed by atoms with van der Waals surface area (Å²) in [5.41, 5.74) is 0. The Morgan fingerprint density at radius 2 is 1.21 bits per heavy atom. The van der Waals surface area contributed by atoms with E-state index >= 15 is 0 Å². The molecule has 118 valence electrons. The van der Waals surface area contributed by atoms with E-state index in [1.54, 1.807) is 0 Å². The molecule has 0 aromatic heterocycles. The number of rotatable bonds is 4. The number of benzene rings is 4. The predicted molar refractivity (Wildman–Crippen MR) is 102 cm³/mol. The van der Waals surface area contributed by atoms with Gasteiger partial charge in [-0.25, -0.2) is 0 Å². The summed E-state index contributed by atoms with van der Waals surface area (Å²) in [6.45, 7) is 0.158. The molecule has 3 heteroatoms. The molecule has 0 saturated carbocycles. The summed E-state index contributed by atoms with van der Waals surface area (Å²) < 4.78 is 12.6. The van der Waals surface area contributed by atoms with Crippen LogP contribution in [0.15, 0.2) is 83.3 Å². The summed E-state index contributed by atoms with van der Waals surface area (Å²) in [7, 11) is 0. The number of hydrogen-bond donors (Lipinski definition) is 0. The number of hydrogen-bond acceptors (Lipinski definition) is 2. The summed E-state index contributed by atoms with van der Waals surface area (Å²) in [5.74, 6) is 1.60. The highest BCUT2D eigenvalue weighted by Crippen LogP contribution is 2.33. The molecule has 0 aliphatic heterocycles. The molecule has 4 aromatic carbocycles. The molecule has 0 radical (unpaired) electrons. The smallest absolute Gasteiger partial charge is 0.230 e. The van der Waals surface area contributed by atoms with E-state index in [0.29, 0.717) is 0 Å². The molecule has 4 rings (SSSR count). The molecule has 0 spiro atoms. The zero-order valence-corrected chi connectivity index (χ0v) is 14.5. The Bertz CT molecular complexity index is 1010. The minimum atomic E-state index is 0.158. The first-order valence-corrected chi connectivity index (χ1v) is 8.53. The number of ether oxygens (including phenoxy) is 2. The van der Waals surface area contributed by atoms with Crippen LogP contribution in [0.4, 0.5) is 0 Å². The first kappa shape index (κ1) is 15.0. The summed E-state index contributed by atoms with van der Waals surface area (Å²) in [6, 6.07) is 26.4. The third kappa shape index (κ3) is 2.83. The second-order valence-electron chi connectivity index (χ2n) is 5.48. The van der Waals surface area contributed by atoms with E-state index in [4.69, 9.17) is 9.47 Å². The maximum absolute atomic E-state index is 5.85. The molecule has 0 heterocycles. The molecular formula is C21H15BrO2. The van der Waals surface area contributed by atoms with Crippen LogP contribution >= 0.6 is 15.9 Å². The van der Waals surface area contributed by atoms with E-state index < -0.39 is 0 Å². The Kier molecular flexibility index (Phi) is 4.09. The van der Waals surface area contributed by atoms with Crippen molar-refractivity contribution in [2.75, 3.05) is 6.79 Å². The van der Waals surface area contributed by atoms with E-state index in [9.17, 15) is 0 Å². The molecule has 0 aliphatic rings. The van der Waals surface area contributed by atoms with Gasteiger partial charge in [-0.2, -0.15) is 0 Å². The minimum Gasteiger partial charge on any atom is -0.457 e. The second kappa shape index (κ2) is 6.54. The van der Waals surface area contributed by atoms with Gasteiger partial charge >= 0.3 is 0 Å². The summed E-state index contributed by atoms with van der Waals surface area (Å²) in [5, 5.41) is 4.54. The fraction of sp³-hybridized carbons (Fsp3) is 0.0476. The molecule has 0 aliphatic carbocycles. The summed E-state index contributed by atoms with van der Waals surface area (Å²) in [4.78, 5) is 0. The van der Waals surface area contributed by atoms with Crippen molar-refractivity contribution in [3.05, 3.63) is 83.3 Å². The number of fused-ring (bicyclic) bond motifs is 2. The Labute approximate surface area is 148 Å². The lowest BCUT2D eigenvalue weighted by atomic mass is 10.1. The lowest BCUT2D eigenvalue weighted by Crippen LogP contribution is -2.06. The second-order valence-corrected chi connectivity index (χ2v) is 6.28. The average molecular weight is 379 g/mol. The molecule has 0 saturated heterocycles. The van der Waals surface area contributed by atoms with Crippen LogP contribution in [0.25, 0.3) is 21.5 Å². The van der Waals surface area contributed by atoms with Crippen molar-refractivity contribution in [2.45, 2.75) is 0 Å². The van der Waals surface area contributed by atoms with Gasteiger partial charge in [0.1, 0.15) is 11.5 Å². The summed E-state index contributed by atoms with van der Waals surface area (Å²) in [6.07, 6.45) is 0. The van der Waals surface area contributed by atoms with E-state index in [1.165, 1.54) is 5.39 Å². The molecule has 0 bridgehead atoms. The highest BCUT2D eigenvalue weighted by Gasteiger charge is 2.07. The maximum atomic E-state index is 5.85. The monoisotopic (exact) mass is 378 g/mol. The van der Waals surface area contributed by atoms with E-state index in [-0.39, 0.29) is 6.79 Å². The number of halogens is 1. The van der Waals surface area contributed by atoms with Crippen LogP contribution in [0, 0.1) is 0 Å². The van der Waals surface area contributed by atoms with Crippen molar-refractivity contribution in [1.29, 1.82) is 0 Å². The molecule has 4 aromatic rings. The topological polar surface area (TPSA) is 18.5 Å². The quantitative estimate of drug-likeness (QED) is 0.395. The van der Waals surface area contributed by atoms with Gasteiger partial charge in [0.05, 0.1) is 4.47 Å². The zero-order chi connectivity index (χ0) is 16.4. The Hall–Kier alpha value is -2.52. The summed E-state index contributed by atoms with van der Waals surface area (Å²) >= 11 is 3.63. The predicted octanol–water partition coefficient (Wildman–Crippen LogP) is 6.17. The molecule has 0 fully saturated rings. The van der Waals surface area contributed by atoms with Crippen molar-refractivity contribution in [3.63, 3.8) is 0 Å². The fourth-order valence-electron chi connectivity index (χ4n) is 2.80. The normalized spacial score (nSPS) is 10.9. The molecule has 0 amide bonds. The highest BCUT2D eigenvalue weighted by molar-refractivity contribution is 9.10. The van der Waals surface area contributed by atoms with Crippen molar-refractivity contribution in [3.8, 4) is 11.5 Å². The van der Waals surface area contributed by atoms with E-state index in [2.05, 4.69) is 46.3 Å². The van der Waals surface area contributed by atoms with Crippen LogP contribution in [-0.2, 0) is 0 Å². The van der Waals surface area contributed by atoms with Gasteiger partial charge in [0.2, 0.25) is 6.79 Å². The van der Waals surface area contributed by atoms with Gasteiger partial charge in [-0.1, -0.05) is 66.7 Å². The van der Waals surface area contributed by atoms with Crippen LogP contribution in [0.1, 0.15) is 0 Å². The first-order valence-electron chi connectivity index (χ1n) is 7.73. The zero-order valence-electron chi connectivity index (χ0n) is 12.9. The third-order valence-corrected chi connectivity index (χ3v) is 4.82. The largest absolute Gasteiger partial charge is 0.457 e. The Balaban J connectivity index is 1.54. The van der Waals surface area contributed by atoms with Gasteiger partial charge in [-0.15, -0.1) is 0 Å². The Morgan fingerprint density at radius 1 is 0.583 bits per heavy atom. The van der Waals surface area contributed by atoms with Gasteiger partial charge in [0, 0.05) is 5.39 Å². The van der Waals surface area contributed by atoms with Crippen molar-refractivity contribution in [1.82, 2.24) is 0 Å². The van der Waals surface area contributed by atoms with E-state index in [1.807, 2.05) is 48.5 Å². The Morgan fingerprint density at radius 3 is 2.04 bits per heavy atom. The lowest BCUT2D eigenvalue weighted by molar-refractivity contribution is 0.121. The van der Waals surface area contributed by atoms with Crippen LogP contribution < -0.4 is 9.47 Å². The van der Waals surface area contributed by atoms with Crippen molar-refractivity contribution in [2.24, 2.45) is 0 Å². The van der Waals surface area contributed by atoms with Gasteiger partial charge in [0.15, 0.2) is 0 Å². The third-order valence-electron chi connectivity index (χ3n) is 4.01. The van der Waals surface area contributed by atoms with Crippen LogP contribution in [0.2, 0.25) is 0 Å². The minimum absolute atomic E-state index is 0.158. The lowest BCUT2D eigenvalue weighted by Gasteiger charge is -2.12. The molecule has 2 nitrogen and oxygen atoms in total. The van der Waals surface area contributed by atoms with Crippen LogP contribution in [0.5, 0.6) is 11.5 Å². The molecule has 0 N–H and O–H groups in total. The highest BCUT2D eigenvalue weighted by atomic mass is 79.9. The van der Waals surface area contributed by atoms with Crippen LogP contribution in [-0.4, -0.2) is 6.79 Å². The first-order chi connectivity index (χ1) is 11.8. The van der Waals surface area contributed by atoms with Gasteiger partial charge in [0.25, 0.3) is 0 Å². The molecular weight excluding hydrogens is 364 g/mol. The van der Waals surface area contributed by atoms with E-state index in [0.717, 1.165) is 32.1 Å². The van der Waals surface area contributed by atoms with Gasteiger partial charge < -0.3 is 9.47 Å². The van der Waals surface area contributed by atoms with Crippen LogP contribution in [0.3, 0.4) is 0 Å². The molecule has 24 heavy (non-hydrogen) atoms. The standard InChI is InChI=1S/C21H15BrO2/c22-21-18-10-4-2-7-16(18)12-13-20(21)24-14-23-19-11-5-8-15-6-1-3-9-17(15)19/h1-13H,14H2. The fourth-order valence-corrected chi connectivity index (χ4v) is 3.41. The van der Waals surface area contributed by atoms with Gasteiger partial charge in [-0.05, 0) is 44.2 Å².